The molecule has 3 aliphatic rings. The first-order valence-corrected chi connectivity index (χ1v) is 17.9. The first-order valence-electron chi connectivity index (χ1n) is 17.9. The Morgan fingerprint density at radius 3 is 1.82 bits per heavy atom. The summed E-state index contributed by atoms with van der Waals surface area (Å²) in [6.07, 6.45) is 4.56. The molecule has 0 amide bonds. The zero-order valence-electron chi connectivity index (χ0n) is 28.0. The fourth-order valence-electron chi connectivity index (χ4n) is 9.86. The first-order chi connectivity index (χ1) is 24.0. The molecule has 0 radical (unpaired) electrons. The molecule has 0 saturated heterocycles. The summed E-state index contributed by atoms with van der Waals surface area (Å²) in [5.74, 6) is 0. The van der Waals surface area contributed by atoms with Crippen molar-refractivity contribution in [2.45, 2.75) is 44.9 Å². The third-order valence-electron chi connectivity index (χ3n) is 12.2. The van der Waals surface area contributed by atoms with Gasteiger partial charge in [0.25, 0.3) is 0 Å². The van der Waals surface area contributed by atoms with Gasteiger partial charge in [0, 0.05) is 5.41 Å². The quantitative estimate of drug-likeness (QED) is 0.133. The summed E-state index contributed by atoms with van der Waals surface area (Å²) < 4.78 is 0. The van der Waals surface area contributed by atoms with Gasteiger partial charge in [0.1, 0.15) is 0 Å². The van der Waals surface area contributed by atoms with Crippen molar-refractivity contribution in [2.75, 3.05) is 0 Å². The molecule has 0 bridgehead atoms. The Hall–Kier alpha value is -5.46. The van der Waals surface area contributed by atoms with Gasteiger partial charge in [0.2, 0.25) is 0 Å². The van der Waals surface area contributed by atoms with Crippen LogP contribution in [0.5, 0.6) is 0 Å². The second kappa shape index (κ2) is 9.80. The molecule has 0 nitrogen and oxygen atoms in total. The smallest absolute Gasteiger partial charge is 0.0159 e. The first kappa shape index (κ1) is 27.5. The fourth-order valence-corrected chi connectivity index (χ4v) is 9.86. The minimum absolute atomic E-state index is 0.116. The van der Waals surface area contributed by atoms with Crippen molar-refractivity contribution >= 4 is 32.3 Å². The topological polar surface area (TPSA) is 0 Å². The van der Waals surface area contributed by atoms with E-state index in [1.165, 1.54) is 93.5 Å². The number of fused-ring (bicyclic) bond motifs is 7. The third kappa shape index (κ3) is 3.75. The average molecular weight is 625 g/mol. The minimum Gasteiger partial charge on any atom is -0.0617 e. The lowest BCUT2D eigenvalue weighted by atomic mass is 9.73. The molecule has 0 saturated carbocycles. The third-order valence-corrected chi connectivity index (χ3v) is 12.2. The van der Waals surface area contributed by atoms with E-state index in [0.29, 0.717) is 0 Å². The Morgan fingerprint density at radius 1 is 0.388 bits per heavy atom. The van der Waals surface area contributed by atoms with Crippen molar-refractivity contribution in [1.82, 2.24) is 0 Å². The van der Waals surface area contributed by atoms with Crippen LogP contribution in [0.2, 0.25) is 0 Å². The lowest BCUT2D eigenvalue weighted by molar-refractivity contribution is 0.661. The summed E-state index contributed by atoms with van der Waals surface area (Å²) in [5, 5.41) is 7.84. The average Bonchev–Trinajstić information content (AvgIpc) is 3.37. The number of rotatable bonds is 2. The number of hydrogen-bond donors (Lipinski definition) is 0. The van der Waals surface area contributed by atoms with Gasteiger partial charge in [0.15, 0.2) is 0 Å². The summed E-state index contributed by atoms with van der Waals surface area (Å²) in [6, 6.07) is 51.2. The largest absolute Gasteiger partial charge is 0.0617 e. The maximum Gasteiger partial charge on any atom is 0.0159 e. The molecule has 0 heteroatoms. The van der Waals surface area contributed by atoms with E-state index in [1.807, 2.05) is 0 Å². The Labute approximate surface area is 287 Å². The van der Waals surface area contributed by atoms with Crippen LogP contribution in [0.4, 0.5) is 0 Å². The Bertz CT molecular complexity index is 2720. The van der Waals surface area contributed by atoms with Gasteiger partial charge in [-0.15, -0.1) is 0 Å². The van der Waals surface area contributed by atoms with Gasteiger partial charge in [-0.05, 0) is 154 Å². The van der Waals surface area contributed by atoms with Crippen molar-refractivity contribution in [3.05, 3.63) is 167 Å². The molecular formula is C49H36. The molecule has 0 atom stereocenters. The van der Waals surface area contributed by atoms with Gasteiger partial charge >= 0.3 is 0 Å². The van der Waals surface area contributed by atoms with E-state index in [2.05, 4.69) is 147 Å². The van der Waals surface area contributed by atoms with Crippen LogP contribution in [-0.2, 0) is 31.1 Å². The van der Waals surface area contributed by atoms with Crippen molar-refractivity contribution in [3.8, 4) is 44.5 Å². The Morgan fingerprint density at radius 2 is 1.02 bits per heavy atom. The zero-order chi connectivity index (χ0) is 32.4. The van der Waals surface area contributed by atoms with Gasteiger partial charge in [-0.25, -0.2) is 0 Å². The SMILES string of the molecule is CC1(C)c2cc(-c3ccc4c5c3CCc3cccc(c3-5)CC4)ccc2-c2ccc(-c3c4ccccc4cc4c3ccc3ccccc34)cc21. The number of hydrogen-bond acceptors (Lipinski definition) is 0. The minimum atomic E-state index is -0.116. The van der Waals surface area contributed by atoms with E-state index in [0.717, 1.165) is 25.7 Å². The van der Waals surface area contributed by atoms with Crippen LogP contribution in [0, 0.1) is 0 Å². The van der Waals surface area contributed by atoms with Crippen LogP contribution in [0.15, 0.2) is 133 Å². The highest BCUT2D eigenvalue weighted by atomic mass is 14.4. The molecule has 0 aromatic heterocycles. The molecule has 11 rings (SSSR count). The summed E-state index contributed by atoms with van der Waals surface area (Å²) in [4.78, 5) is 0. The lowest BCUT2D eigenvalue weighted by Gasteiger charge is -2.31. The van der Waals surface area contributed by atoms with Gasteiger partial charge in [-0.1, -0.05) is 129 Å². The van der Waals surface area contributed by atoms with Crippen LogP contribution in [0.1, 0.15) is 47.2 Å². The standard InChI is InChI=1S/C49H36/c1-49(2)44-27-34(37-21-17-32-15-14-30-10-7-11-31-18-25-41(37)48(32)46(30)31)19-22-39(44)40-23-20-35(28-45(40)49)47-38-13-6-4-9-33(38)26-43-36-12-5-3-8-29(36)16-24-42(43)47/h3-13,16-17,19-24,26-28H,14-15,18,25H2,1-2H3. The second-order valence-electron chi connectivity index (χ2n) is 15.1. The lowest BCUT2D eigenvalue weighted by Crippen LogP contribution is -2.16. The van der Waals surface area contributed by atoms with Gasteiger partial charge < -0.3 is 0 Å². The maximum absolute atomic E-state index is 2.52. The van der Waals surface area contributed by atoms with Crippen LogP contribution >= 0.6 is 0 Å². The monoisotopic (exact) mass is 624 g/mol. The van der Waals surface area contributed by atoms with Gasteiger partial charge in [0.05, 0.1) is 0 Å². The van der Waals surface area contributed by atoms with E-state index < -0.39 is 0 Å². The van der Waals surface area contributed by atoms with Crippen molar-refractivity contribution in [1.29, 1.82) is 0 Å². The van der Waals surface area contributed by atoms with E-state index in [9.17, 15) is 0 Å². The van der Waals surface area contributed by atoms with Crippen LogP contribution in [-0.4, -0.2) is 0 Å². The molecule has 232 valence electrons. The van der Waals surface area contributed by atoms with Crippen LogP contribution in [0.3, 0.4) is 0 Å². The van der Waals surface area contributed by atoms with E-state index in [4.69, 9.17) is 0 Å². The van der Waals surface area contributed by atoms with Crippen LogP contribution < -0.4 is 0 Å². The molecule has 0 heterocycles. The van der Waals surface area contributed by atoms with E-state index in [-0.39, 0.29) is 5.41 Å². The molecule has 8 aromatic carbocycles. The highest BCUT2D eigenvalue weighted by molar-refractivity contribution is 6.20. The summed E-state index contributed by atoms with van der Waals surface area (Å²) in [6.45, 7) is 4.86. The van der Waals surface area contributed by atoms with Crippen molar-refractivity contribution in [2.24, 2.45) is 0 Å². The number of aryl methyl sites for hydroxylation is 3. The molecule has 0 aliphatic heterocycles. The molecule has 3 aliphatic carbocycles. The van der Waals surface area contributed by atoms with Crippen LogP contribution in [0.25, 0.3) is 76.8 Å². The highest BCUT2D eigenvalue weighted by Crippen LogP contribution is 2.53. The van der Waals surface area contributed by atoms with Crippen molar-refractivity contribution < 1.29 is 0 Å². The summed E-state index contributed by atoms with van der Waals surface area (Å²) in [7, 11) is 0. The summed E-state index contributed by atoms with van der Waals surface area (Å²) in [5.41, 5.74) is 20.2. The highest BCUT2D eigenvalue weighted by Gasteiger charge is 2.36. The molecule has 0 unspecified atom stereocenters. The maximum atomic E-state index is 2.52. The second-order valence-corrected chi connectivity index (χ2v) is 15.1. The predicted molar refractivity (Wildman–Crippen MR) is 208 cm³/mol. The normalized spacial score (nSPS) is 15.0. The van der Waals surface area contributed by atoms with Gasteiger partial charge in [-0.3, -0.25) is 0 Å². The molecule has 0 fully saturated rings. The Kier molecular flexibility index (Phi) is 5.50. The molecular weight excluding hydrogens is 589 g/mol. The van der Waals surface area contributed by atoms with Gasteiger partial charge in [-0.2, -0.15) is 0 Å². The number of benzene rings is 8. The molecule has 8 aromatic rings. The van der Waals surface area contributed by atoms with E-state index in [1.54, 1.807) is 16.7 Å². The predicted octanol–water partition coefficient (Wildman–Crippen LogP) is 12.7. The molecule has 0 N–H and O–H groups in total. The summed E-state index contributed by atoms with van der Waals surface area (Å²) >= 11 is 0. The fraction of sp³-hybridized carbons (Fsp3) is 0.143. The molecule has 49 heavy (non-hydrogen) atoms. The zero-order valence-corrected chi connectivity index (χ0v) is 28.0. The van der Waals surface area contributed by atoms with Crippen molar-refractivity contribution in [3.63, 3.8) is 0 Å². The Balaban J connectivity index is 1.07. The molecule has 0 spiro atoms. The van der Waals surface area contributed by atoms with E-state index >= 15 is 0 Å².